The van der Waals surface area contributed by atoms with E-state index >= 15 is 0 Å². The van der Waals surface area contributed by atoms with Crippen LogP contribution in [0.4, 0.5) is 5.69 Å². The number of amides is 2. The van der Waals surface area contributed by atoms with Gasteiger partial charge in [-0.15, -0.1) is 0 Å². The second-order valence-corrected chi connectivity index (χ2v) is 6.30. The van der Waals surface area contributed by atoms with E-state index in [1.54, 1.807) is 29.2 Å². The molecule has 3 rings (SSSR count). The lowest BCUT2D eigenvalue weighted by Crippen LogP contribution is -2.40. The van der Waals surface area contributed by atoms with Gasteiger partial charge in [0.05, 0.1) is 25.9 Å². The number of carbonyl (C=O) groups is 2. The molecule has 0 spiro atoms. The zero-order valence-electron chi connectivity index (χ0n) is 14.3. The van der Waals surface area contributed by atoms with Crippen molar-refractivity contribution >= 4 is 17.5 Å². The van der Waals surface area contributed by atoms with Crippen molar-refractivity contribution in [2.45, 2.75) is 18.9 Å². The summed E-state index contributed by atoms with van der Waals surface area (Å²) >= 11 is 0. The number of hydrogen-bond donors (Lipinski definition) is 2. The van der Waals surface area contributed by atoms with Crippen LogP contribution in [0.5, 0.6) is 0 Å². The summed E-state index contributed by atoms with van der Waals surface area (Å²) in [6.07, 6.45) is 2.36. The summed E-state index contributed by atoms with van der Waals surface area (Å²) in [5, 5.41) is 5.94. The Labute approximate surface area is 147 Å². The molecule has 1 unspecified atom stereocenters. The average molecular weight is 347 g/mol. The average Bonchev–Trinajstić information content (AvgIpc) is 3.16. The summed E-state index contributed by atoms with van der Waals surface area (Å²) < 4.78 is 10.8. The first-order valence-electron chi connectivity index (χ1n) is 8.81. The van der Waals surface area contributed by atoms with Crippen molar-refractivity contribution in [1.29, 1.82) is 0 Å². The van der Waals surface area contributed by atoms with E-state index in [4.69, 9.17) is 9.47 Å². The molecule has 2 heterocycles. The van der Waals surface area contributed by atoms with E-state index in [-0.39, 0.29) is 24.5 Å². The van der Waals surface area contributed by atoms with Gasteiger partial charge in [0.1, 0.15) is 0 Å². The third-order valence-corrected chi connectivity index (χ3v) is 4.40. The van der Waals surface area contributed by atoms with Gasteiger partial charge in [-0.25, -0.2) is 0 Å². The van der Waals surface area contributed by atoms with E-state index in [2.05, 4.69) is 10.6 Å². The molecule has 7 nitrogen and oxygen atoms in total. The minimum absolute atomic E-state index is 0.000549. The van der Waals surface area contributed by atoms with Gasteiger partial charge >= 0.3 is 0 Å². The largest absolute Gasteiger partial charge is 0.378 e. The Bertz CT molecular complexity index is 578. The van der Waals surface area contributed by atoms with Crippen molar-refractivity contribution in [1.82, 2.24) is 10.2 Å². The SMILES string of the molecule is O=C(CNCC1CCCO1)Nc1ccc(C(=O)N2CCOCC2)cc1. The van der Waals surface area contributed by atoms with Gasteiger partial charge in [-0.1, -0.05) is 0 Å². The second kappa shape index (κ2) is 8.94. The van der Waals surface area contributed by atoms with Crippen LogP contribution < -0.4 is 10.6 Å². The topological polar surface area (TPSA) is 79.9 Å². The third kappa shape index (κ3) is 5.26. The third-order valence-electron chi connectivity index (χ3n) is 4.40. The Hall–Kier alpha value is -1.96. The van der Waals surface area contributed by atoms with Crippen LogP contribution in [0.3, 0.4) is 0 Å². The number of nitrogens with one attached hydrogen (secondary N) is 2. The summed E-state index contributed by atoms with van der Waals surface area (Å²) in [6.45, 7) is 4.15. The quantitative estimate of drug-likeness (QED) is 0.798. The summed E-state index contributed by atoms with van der Waals surface area (Å²) in [4.78, 5) is 26.1. The van der Waals surface area contributed by atoms with Crippen LogP contribution in [-0.4, -0.2) is 68.8 Å². The molecule has 2 fully saturated rings. The van der Waals surface area contributed by atoms with Gasteiger partial charge in [-0.3, -0.25) is 9.59 Å². The van der Waals surface area contributed by atoms with Crippen molar-refractivity contribution in [2.24, 2.45) is 0 Å². The van der Waals surface area contributed by atoms with Gasteiger partial charge in [-0.2, -0.15) is 0 Å². The molecule has 25 heavy (non-hydrogen) atoms. The summed E-state index contributed by atoms with van der Waals surface area (Å²) in [7, 11) is 0. The fraction of sp³-hybridized carbons (Fsp3) is 0.556. The maximum absolute atomic E-state index is 12.4. The van der Waals surface area contributed by atoms with Crippen LogP contribution in [0.2, 0.25) is 0 Å². The molecule has 2 N–H and O–H groups in total. The Kier molecular flexibility index (Phi) is 6.38. The lowest BCUT2D eigenvalue weighted by molar-refractivity contribution is -0.115. The molecular formula is C18H25N3O4. The molecule has 7 heteroatoms. The molecular weight excluding hydrogens is 322 g/mol. The molecule has 2 amide bonds. The number of nitrogens with zero attached hydrogens (tertiary/aromatic N) is 1. The molecule has 2 aliphatic heterocycles. The van der Waals surface area contributed by atoms with Gasteiger partial charge < -0.3 is 25.0 Å². The fourth-order valence-electron chi connectivity index (χ4n) is 3.00. The molecule has 0 saturated carbocycles. The highest BCUT2D eigenvalue weighted by Gasteiger charge is 2.18. The van der Waals surface area contributed by atoms with Crippen LogP contribution in [0.25, 0.3) is 0 Å². The van der Waals surface area contributed by atoms with E-state index in [9.17, 15) is 9.59 Å². The smallest absolute Gasteiger partial charge is 0.254 e. The molecule has 1 aromatic rings. The number of benzene rings is 1. The summed E-state index contributed by atoms with van der Waals surface area (Å²) in [5.74, 6) is -0.107. The minimum Gasteiger partial charge on any atom is -0.378 e. The first kappa shape index (κ1) is 17.8. The van der Waals surface area contributed by atoms with Crippen LogP contribution in [-0.2, 0) is 14.3 Å². The highest BCUT2D eigenvalue weighted by Crippen LogP contribution is 2.13. The van der Waals surface area contributed by atoms with E-state index in [1.807, 2.05) is 0 Å². The van der Waals surface area contributed by atoms with Gasteiger partial charge in [0, 0.05) is 37.5 Å². The minimum atomic E-state index is -0.106. The monoisotopic (exact) mass is 347 g/mol. The highest BCUT2D eigenvalue weighted by atomic mass is 16.5. The molecule has 0 aliphatic carbocycles. The molecule has 0 bridgehead atoms. The predicted octanol–water partition coefficient (Wildman–Crippen LogP) is 0.866. The van der Waals surface area contributed by atoms with E-state index < -0.39 is 0 Å². The number of morpholine rings is 1. The van der Waals surface area contributed by atoms with Crippen LogP contribution >= 0.6 is 0 Å². The first-order valence-corrected chi connectivity index (χ1v) is 8.81. The zero-order valence-corrected chi connectivity index (χ0v) is 14.3. The van der Waals surface area contributed by atoms with Crippen molar-refractivity contribution < 1.29 is 19.1 Å². The molecule has 136 valence electrons. The Morgan fingerprint density at radius 1 is 1.12 bits per heavy atom. The van der Waals surface area contributed by atoms with Crippen LogP contribution in [0.15, 0.2) is 24.3 Å². The predicted molar refractivity (Wildman–Crippen MR) is 93.6 cm³/mol. The first-order chi connectivity index (χ1) is 12.2. The van der Waals surface area contributed by atoms with Crippen molar-refractivity contribution in [3.63, 3.8) is 0 Å². The van der Waals surface area contributed by atoms with E-state index in [1.165, 1.54) is 0 Å². The standard InChI is InChI=1S/C18H25N3O4/c22-17(13-19-12-16-2-1-9-25-16)20-15-5-3-14(4-6-15)18(23)21-7-10-24-11-8-21/h3-6,16,19H,1-2,7-13H2,(H,20,22). The Balaban J connectivity index is 1.43. The molecule has 1 atom stereocenters. The van der Waals surface area contributed by atoms with Gasteiger partial charge in [0.2, 0.25) is 5.91 Å². The molecule has 1 aromatic carbocycles. The van der Waals surface area contributed by atoms with Gasteiger partial charge in [0.25, 0.3) is 5.91 Å². The van der Waals surface area contributed by atoms with Gasteiger partial charge in [-0.05, 0) is 37.1 Å². The second-order valence-electron chi connectivity index (χ2n) is 6.30. The fourth-order valence-corrected chi connectivity index (χ4v) is 3.00. The lowest BCUT2D eigenvalue weighted by atomic mass is 10.1. The Morgan fingerprint density at radius 3 is 2.56 bits per heavy atom. The van der Waals surface area contributed by atoms with Crippen molar-refractivity contribution in [3.05, 3.63) is 29.8 Å². The normalized spacial score (nSPS) is 20.5. The maximum atomic E-state index is 12.4. The molecule has 2 aliphatic rings. The van der Waals surface area contributed by atoms with E-state index in [0.717, 1.165) is 19.4 Å². The van der Waals surface area contributed by atoms with Crippen molar-refractivity contribution in [2.75, 3.05) is 51.3 Å². The van der Waals surface area contributed by atoms with Crippen LogP contribution in [0.1, 0.15) is 23.2 Å². The summed E-state index contributed by atoms with van der Waals surface area (Å²) in [6, 6.07) is 7.00. The number of hydrogen-bond acceptors (Lipinski definition) is 5. The lowest BCUT2D eigenvalue weighted by Gasteiger charge is -2.26. The maximum Gasteiger partial charge on any atom is 0.254 e. The number of ether oxygens (including phenoxy) is 2. The van der Waals surface area contributed by atoms with E-state index in [0.29, 0.717) is 44.1 Å². The molecule has 0 radical (unpaired) electrons. The van der Waals surface area contributed by atoms with Gasteiger partial charge in [0.15, 0.2) is 0 Å². The van der Waals surface area contributed by atoms with Crippen LogP contribution in [0, 0.1) is 0 Å². The number of carbonyl (C=O) groups excluding carboxylic acids is 2. The zero-order chi connectivity index (χ0) is 17.5. The Morgan fingerprint density at radius 2 is 1.88 bits per heavy atom. The highest BCUT2D eigenvalue weighted by molar-refractivity contribution is 5.96. The van der Waals surface area contributed by atoms with Crippen molar-refractivity contribution in [3.8, 4) is 0 Å². The molecule has 0 aromatic heterocycles. The number of rotatable bonds is 6. The number of anilines is 1. The molecule has 2 saturated heterocycles. The summed E-state index contributed by atoms with van der Waals surface area (Å²) in [5.41, 5.74) is 1.30.